The Hall–Kier alpha value is -1.75. The van der Waals surface area contributed by atoms with E-state index in [0.29, 0.717) is 29.5 Å². The summed E-state index contributed by atoms with van der Waals surface area (Å²) >= 11 is 11.8. The molecule has 0 aliphatic rings. The van der Waals surface area contributed by atoms with Crippen LogP contribution in [0.25, 0.3) is 0 Å². The van der Waals surface area contributed by atoms with Gasteiger partial charge in [-0.25, -0.2) is 4.79 Å². The number of carbonyl (C=O) groups excluding carboxylic acids is 1. The molecule has 116 valence electrons. The molecule has 0 aliphatic heterocycles. The third-order valence-electron chi connectivity index (χ3n) is 2.74. The largest absolute Gasteiger partial charge is 0.491 e. The molecule has 2 aromatic rings. The number of ether oxygens (including phenoxy) is 3. The van der Waals surface area contributed by atoms with Gasteiger partial charge in [0.2, 0.25) is 0 Å². The molecule has 2 rings (SSSR count). The molecule has 0 spiro atoms. The second-order valence-electron chi connectivity index (χ2n) is 4.33. The Morgan fingerprint density at radius 1 is 1.05 bits per heavy atom. The molecule has 22 heavy (non-hydrogen) atoms. The Morgan fingerprint density at radius 3 is 2.41 bits per heavy atom. The summed E-state index contributed by atoms with van der Waals surface area (Å²) in [6, 6.07) is 11.3. The van der Waals surface area contributed by atoms with Crippen molar-refractivity contribution in [2.24, 2.45) is 0 Å². The predicted molar refractivity (Wildman–Crippen MR) is 85.2 cm³/mol. The highest BCUT2D eigenvalue weighted by Gasteiger charge is 2.11. The maximum atomic E-state index is 12.0. The molecule has 0 atom stereocenters. The average Bonchev–Trinajstić information content (AvgIpc) is 2.51. The number of methoxy groups -OCH3 is 1. The first kappa shape index (κ1) is 16.6. The Kier molecular flexibility index (Phi) is 6.07. The quantitative estimate of drug-likeness (QED) is 0.448. The van der Waals surface area contributed by atoms with Crippen LogP contribution in [0.2, 0.25) is 10.0 Å². The molecule has 6 heteroatoms. The van der Waals surface area contributed by atoms with E-state index in [1.165, 1.54) is 6.07 Å². The van der Waals surface area contributed by atoms with Gasteiger partial charge in [-0.1, -0.05) is 23.2 Å². The fraction of sp³-hybridized carbons (Fsp3) is 0.188. The number of rotatable bonds is 6. The summed E-state index contributed by atoms with van der Waals surface area (Å²) < 4.78 is 15.5. The van der Waals surface area contributed by atoms with E-state index in [4.69, 9.17) is 37.4 Å². The van der Waals surface area contributed by atoms with Crippen LogP contribution in [-0.2, 0) is 4.74 Å². The Morgan fingerprint density at radius 2 is 1.77 bits per heavy atom. The number of carbonyl (C=O) groups is 1. The van der Waals surface area contributed by atoms with Crippen molar-refractivity contribution >= 4 is 29.2 Å². The van der Waals surface area contributed by atoms with E-state index in [1.807, 2.05) is 0 Å². The van der Waals surface area contributed by atoms with Crippen LogP contribution >= 0.6 is 23.2 Å². The summed E-state index contributed by atoms with van der Waals surface area (Å²) in [6.07, 6.45) is 0. The Balaban J connectivity index is 2.00. The summed E-state index contributed by atoms with van der Waals surface area (Å²) in [4.78, 5) is 12.0. The van der Waals surface area contributed by atoms with Crippen molar-refractivity contribution in [3.63, 3.8) is 0 Å². The number of hydrogen-bond donors (Lipinski definition) is 0. The molecule has 0 aliphatic carbocycles. The van der Waals surface area contributed by atoms with Gasteiger partial charge in [-0.15, -0.1) is 0 Å². The molecular weight excluding hydrogens is 327 g/mol. The maximum Gasteiger partial charge on any atom is 0.343 e. The molecule has 4 nitrogen and oxygen atoms in total. The zero-order valence-electron chi connectivity index (χ0n) is 11.8. The van der Waals surface area contributed by atoms with Crippen LogP contribution in [0.4, 0.5) is 0 Å². The Labute approximate surface area is 138 Å². The van der Waals surface area contributed by atoms with Gasteiger partial charge in [0.15, 0.2) is 0 Å². The molecule has 0 saturated heterocycles. The fourth-order valence-electron chi connectivity index (χ4n) is 1.65. The first-order chi connectivity index (χ1) is 10.6. The summed E-state index contributed by atoms with van der Waals surface area (Å²) in [7, 11) is 1.60. The van der Waals surface area contributed by atoms with Crippen LogP contribution in [0.15, 0.2) is 42.5 Å². The van der Waals surface area contributed by atoms with Gasteiger partial charge in [0, 0.05) is 12.1 Å². The average molecular weight is 341 g/mol. The zero-order valence-corrected chi connectivity index (χ0v) is 13.4. The normalized spacial score (nSPS) is 10.3. The zero-order chi connectivity index (χ0) is 15.9. The number of benzene rings is 2. The Bertz CT molecular complexity index is 641. The predicted octanol–water partition coefficient (Wildman–Crippen LogP) is 4.24. The summed E-state index contributed by atoms with van der Waals surface area (Å²) in [6.45, 7) is 0.944. The van der Waals surface area contributed by atoms with Crippen molar-refractivity contribution in [2.45, 2.75) is 0 Å². The summed E-state index contributed by atoms with van der Waals surface area (Å²) in [5.74, 6) is 0.405. The monoisotopic (exact) mass is 340 g/mol. The summed E-state index contributed by atoms with van der Waals surface area (Å²) in [5, 5.41) is 0.753. The van der Waals surface area contributed by atoms with Crippen LogP contribution in [0.3, 0.4) is 0 Å². The SMILES string of the molecule is COCCOc1ccc(C(=O)Oc2ccc(Cl)cc2Cl)cc1. The maximum absolute atomic E-state index is 12.0. The highest BCUT2D eigenvalue weighted by atomic mass is 35.5. The van der Waals surface area contributed by atoms with Crippen molar-refractivity contribution in [3.8, 4) is 11.5 Å². The van der Waals surface area contributed by atoms with E-state index >= 15 is 0 Å². The van der Waals surface area contributed by atoms with Crippen LogP contribution in [-0.4, -0.2) is 26.3 Å². The fourth-order valence-corrected chi connectivity index (χ4v) is 2.09. The van der Waals surface area contributed by atoms with Gasteiger partial charge in [0.25, 0.3) is 0 Å². The van der Waals surface area contributed by atoms with Crippen LogP contribution < -0.4 is 9.47 Å². The first-order valence-corrected chi connectivity index (χ1v) is 7.25. The minimum Gasteiger partial charge on any atom is -0.491 e. The lowest BCUT2D eigenvalue weighted by Crippen LogP contribution is -2.09. The molecule has 0 aromatic heterocycles. The first-order valence-electron chi connectivity index (χ1n) is 6.49. The van der Waals surface area contributed by atoms with Gasteiger partial charge < -0.3 is 14.2 Å². The molecule has 0 saturated carbocycles. The van der Waals surface area contributed by atoms with E-state index in [9.17, 15) is 4.79 Å². The third kappa shape index (κ3) is 4.63. The smallest absolute Gasteiger partial charge is 0.343 e. The number of hydrogen-bond acceptors (Lipinski definition) is 4. The molecule has 0 heterocycles. The van der Waals surface area contributed by atoms with E-state index in [0.717, 1.165) is 0 Å². The van der Waals surface area contributed by atoms with Gasteiger partial charge in [-0.3, -0.25) is 0 Å². The number of esters is 1. The van der Waals surface area contributed by atoms with Crippen molar-refractivity contribution < 1.29 is 19.0 Å². The molecule has 0 amide bonds. The number of halogens is 2. The highest BCUT2D eigenvalue weighted by molar-refractivity contribution is 6.35. The molecule has 0 fully saturated rings. The van der Waals surface area contributed by atoms with Gasteiger partial charge in [-0.05, 0) is 42.5 Å². The standard InChI is InChI=1S/C16H14Cl2O4/c1-20-8-9-21-13-5-2-11(3-6-13)16(19)22-15-7-4-12(17)10-14(15)18/h2-7,10H,8-9H2,1H3. The van der Waals surface area contributed by atoms with E-state index < -0.39 is 5.97 Å². The topological polar surface area (TPSA) is 44.8 Å². The highest BCUT2D eigenvalue weighted by Crippen LogP contribution is 2.28. The van der Waals surface area contributed by atoms with Crippen molar-refractivity contribution in [2.75, 3.05) is 20.3 Å². The van der Waals surface area contributed by atoms with Crippen LogP contribution in [0, 0.1) is 0 Å². The van der Waals surface area contributed by atoms with Gasteiger partial charge in [-0.2, -0.15) is 0 Å². The van der Waals surface area contributed by atoms with Crippen LogP contribution in [0.1, 0.15) is 10.4 Å². The second-order valence-corrected chi connectivity index (χ2v) is 5.17. The molecule has 0 N–H and O–H groups in total. The molecule has 2 aromatic carbocycles. The van der Waals surface area contributed by atoms with Crippen molar-refractivity contribution in [3.05, 3.63) is 58.1 Å². The van der Waals surface area contributed by atoms with Crippen molar-refractivity contribution in [1.29, 1.82) is 0 Å². The minimum atomic E-state index is -0.507. The molecular formula is C16H14Cl2O4. The van der Waals surface area contributed by atoms with E-state index in [2.05, 4.69) is 0 Å². The van der Waals surface area contributed by atoms with Gasteiger partial charge in [0.1, 0.15) is 18.1 Å². The lowest BCUT2D eigenvalue weighted by Gasteiger charge is -2.08. The van der Waals surface area contributed by atoms with Crippen molar-refractivity contribution in [1.82, 2.24) is 0 Å². The third-order valence-corrected chi connectivity index (χ3v) is 3.27. The summed E-state index contributed by atoms with van der Waals surface area (Å²) in [5.41, 5.74) is 0.394. The lowest BCUT2D eigenvalue weighted by molar-refractivity contribution is 0.0735. The van der Waals surface area contributed by atoms with Gasteiger partial charge >= 0.3 is 5.97 Å². The molecule has 0 radical (unpaired) electrons. The van der Waals surface area contributed by atoms with Gasteiger partial charge in [0.05, 0.1) is 17.2 Å². The van der Waals surface area contributed by atoms with Crippen LogP contribution in [0.5, 0.6) is 11.5 Å². The lowest BCUT2D eigenvalue weighted by atomic mass is 10.2. The molecule has 0 unspecified atom stereocenters. The minimum absolute atomic E-state index is 0.261. The molecule has 0 bridgehead atoms. The van der Waals surface area contributed by atoms with E-state index in [-0.39, 0.29) is 10.8 Å². The van der Waals surface area contributed by atoms with E-state index in [1.54, 1.807) is 43.5 Å². The second kappa shape index (κ2) is 8.03.